The maximum atomic E-state index is 12.8. The van der Waals surface area contributed by atoms with Crippen LogP contribution in [0.4, 0.5) is 18.9 Å². The average molecular weight is 400 g/mol. The summed E-state index contributed by atoms with van der Waals surface area (Å²) < 4.78 is 64.4. The lowest BCUT2D eigenvalue weighted by atomic mass is 10.1. The number of carbonyl (C=O) groups is 1. The lowest BCUT2D eigenvalue weighted by Gasteiger charge is -2.17. The van der Waals surface area contributed by atoms with Gasteiger partial charge < -0.3 is 5.32 Å². The van der Waals surface area contributed by atoms with E-state index in [4.69, 9.17) is 0 Å². The van der Waals surface area contributed by atoms with Crippen molar-refractivity contribution in [1.29, 1.82) is 0 Å². The molecule has 1 amide bonds. The van der Waals surface area contributed by atoms with Crippen molar-refractivity contribution in [3.05, 3.63) is 58.7 Å². The number of alkyl halides is 3. The summed E-state index contributed by atoms with van der Waals surface area (Å²) in [6.07, 6.45) is -4.53. The van der Waals surface area contributed by atoms with Crippen molar-refractivity contribution >= 4 is 21.6 Å². The van der Waals surface area contributed by atoms with Crippen LogP contribution >= 0.6 is 0 Å². The second-order valence-electron chi connectivity index (χ2n) is 6.24. The molecule has 0 aliphatic rings. The highest BCUT2D eigenvalue weighted by Crippen LogP contribution is 2.31. The van der Waals surface area contributed by atoms with Gasteiger partial charge in [-0.05, 0) is 55.3 Å². The zero-order chi connectivity index (χ0) is 20.6. The molecule has 27 heavy (non-hydrogen) atoms. The Hall–Kier alpha value is -2.39. The summed E-state index contributed by atoms with van der Waals surface area (Å²) in [5.74, 6) is -0.701. The van der Waals surface area contributed by atoms with E-state index in [1.807, 2.05) is 0 Å². The molecule has 2 aromatic carbocycles. The second kappa shape index (κ2) is 7.32. The fourth-order valence-corrected chi connectivity index (χ4v) is 3.62. The van der Waals surface area contributed by atoms with Gasteiger partial charge in [-0.1, -0.05) is 6.07 Å². The number of rotatable bonds is 4. The van der Waals surface area contributed by atoms with Crippen molar-refractivity contribution in [2.45, 2.75) is 24.9 Å². The molecule has 2 aromatic rings. The molecule has 0 radical (unpaired) electrons. The Morgan fingerprint density at radius 1 is 1.07 bits per heavy atom. The SMILES string of the molecule is Cc1cc(C(=O)Nc2cccc(C(F)(F)F)c2)cc(S(=O)(=O)N(C)C)c1C. The summed E-state index contributed by atoms with van der Waals surface area (Å²) in [6.45, 7) is 3.28. The third-order valence-corrected chi connectivity index (χ3v) is 6.03. The Labute approximate surface area is 155 Å². The Morgan fingerprint density at radius 3 is 2.26 bits per heavy atom. The Balaban J connectivity index is 2.42. The summed E-state index contributed by atoms with van der Waals surface area (Å²) in [6, 6.07) is 6.93. The van der Waals surface area contributed by atoms with Crippen molar-refractivity contribution in [3.63, 3.8) is 0 Å². The molecule has 146 valence electrons. The van der Waals surface area contributed by atoms with Crippen LogP contribution in [0.1, 0.15) is 27.0 Å². The number of amides is 1. The van der Waals surface area contributed by atoms with E-state index >= 15 is 0 Å². The third kappa shape index (κ3) is 4.48. The van der Waals surface area contributed by atoms with E-state index in [-0.39, 0.29) is 16.1 Å². The monoisotopic (exact) mass is 400 g/mol. The minimum absolute atomic E-state index is 0.0262. The van der Waals surface area contributed by atoms with Gasteiger partial charge in [-0.15, -0.1) is 0 Å². The Morgan fingerprint density at radius 2 is 1.70 bits per heavy atom. The number of anilines is 1. The van der Waals surface area contributed by atoms with Gasteiger partial charge in [0.25, 0.3) is 5.91 Å². The van der Waals surface area contributed by atoms with Gasteiger partial charge in [-0.25, -0.2) is 12.7 Å². The average Bonchev–Trinajstić information content (AvgIpc) is 2.56. The maximum Gasteiger partial charge on any atom is 0.416 e. The molecular formula is C18H19F3N2O3S. The number of nitrogens with one attached hydrogen (secondary N) is 1. The zero-order valence-electron chi connectivity index (χ0n) is 15.2. The number of nitrogens with zero attached hydrogens (tertiary/aromatic N) is 1. The summed E-state index contributed by atoms with van der Waals surface area (Å²) in [4.78, 5) is 12.5. The fourth-order valence-electron chi connectivity index (χ4n) is 2.40. The van der Waals surface area contributed by atoms with Crippen LogP contribution in [-0.2, 0) is 16.2 Å². The molecular weight excluding hydrogens is 381 g/mol. The predicted octanol–water partition coefficient (Wildman–Crippen LogP) is 3.82. The van der Waals surface area contributed by atoms with E-state index in [1.54, 1.807) is 13.8 Å². The molecule has 0 atom stereocenters. The van der Waals surface area contributed by atoms with Gasteiger partial charge in [0.2, 0.25) is 10.0 Å². The third-order valence-electron chi connectivity index (χ3n) is 4.09. The van der Waals surface area contributed by atoms with Gasteiger partial charge in [0.15, 0.2) is 0 Å². The van der Waals surface area contributed by atoms with Crippen LogP contribution in [0.2, 0.25) is 0 Å². The van der Waals surface area contributed by atoms with Crippen LogP contribution in [0.15, 0.2) is 41.3 Å². The quantitative estimate of drug-likeness (QED) is 0.848. The van der Waals surface area contributed by atoms with Crippen molar-refractivity contribution in [2.75, 3.05) is 19.4 Å². The number of benzene rings is 2. The normalized spacial score (nSPS) is 12.3. The van der Waals surface area contributed by atoms with E-state index in [0.717, 1.165) is 16.4 Å². The number of carbonyl (C=O) groups excluding carboxylic acids is 1. The largest absolute Gasteiger partial charge is 0.416 e. The summed E-state index contributed by atoms with van der Waals surface area (Å²) in [5.41, 5.74) is 0.184. The molecule has 0 heterocycles. The number of aryl methyl sites for hydroxylation is 1. The van der Waals surface area contributed by atoms with E-state index in [1.165, 1.54) is 38.4 Å². The van der Waals surface area contributed by atoms with Crippen LogP contribution in [0.5, 0.6) is 0 Å². The Bertz CT molecular complexity index is 984. The van der Waals surface area contributed by atoms with E-state index < -0.39 is 27.7 Å². The summed E-state index contributed by atoms with van der Waals surface area (Å²) in [5, 5.41) is 2.38. The first-order valence-corrected chi connectivity index (χ1v) is 9.30. The molecule has 0 aromatic heterocycles. The topological polar surface area (TPSA) is 66.5 Å². The highest BCUT2D eigenvalue weighted by Gasteiger charge is 2.30. The molecule has 2 rings (SSSR count). The highest BCUT2D eigenvalue weighted by molar-refractivity contribution is 7.89. The minimum atomic E-state index is -4.53. The van der Waals surface area contributed by atoms with Gasteiger partial charge in [-0.3, -0.25) is 4.79 Å². The molecule has 0 bridgehead atoms. The molecule has 0 spiro atoms. The Kier molecular flexibility index (Phi) is 5.67. The second-order valence-corrected chi connectivity index (χ2v) is 8.36. The first-order valence-electron chi connectivity index (χ1n) is 7.86. The molecule has 1 N–H and O–H groups in total. The van der Waals surface area contributed by atoms with E-state index in [2.05, 4.69) is 5.32 Å². The van der Waals surface area contributed by atoms with Gasteiger partial charge in [0.1, 0.15) is 0 Å². The lowest BCUT2D eigenvalue weighted by molar-refractivity contribution is -0.137. The van der Waals surface area contributed by atoms with Crippen LogP contribution in [0, 0.1) is 13.8 Å². The van der Waals surface area contributed by atoms with E-state index in [0.29, 0.717) is 11.1 Å². The summed E-state index contributed by atoms with van der Waals surface area (Å²) in [7, 11) is -1.03. The van der Waals surface area contributed by atoms with Crippen LogP contribution in [0.3, 0.4) is 0 Å². The number of hydrogen-bond donors (Lipinski definition) is 1. The van der Waals surface area contributed by atoms with Crippen molar-refractivity contribution in [1.82, 2.24) is 4.31 Å². The number of halogens is 3. The molecule has 0 saturated carbocycles. The van der Waals surface area contributed by atoms with Crippen LogP contribution < -0.4 is 5.32 Å². The lowest BCUT2D eigenvalue weighted by Crippen LogP contribution is -2.24. The number of sulfonamides is 1. The fraction of sp³-hybridized carbons (Fsp3) is 0.278. The van der Waals surface area contributed by atoms with Crippen LogP contribution in [0.25, 0.3) is 0 Å². The first-order chi connectivity index (χ1) is 12.3. The molecule has 9 heteroatoms. The highest BCUT2D eigenvalue weighted by atomic mass is 32.2. The van der Waals surface area contributed by atoms with Crippen molar-refractivity contribution < 1.29 is 26.4 Å². The van der Waals surface area contributed by atoms with Gasteiger partial charge in [0, 0.05) is 25.3 Å². The van der Waals surface area contributed by atoms with Crippen molar-refractivity contribution in [3.8, 4) is 0 Å². The van der Waals surface area contributed by atoms with E-state index in [9.17, 15) is 26.4 Å². The van der Waals surface area contributed by atoms with Crippen molar-refractivity contribution in [2.24, 2.45) is 0 Å². The van der Waals surface area contributed by atoms with Gasteiger partial charge in [-0.2, -0.15) is 13.2 Å². The molecule has 0 aliphatic heterocycles. The zero-order valence-corrected chi connectivity index (χ0v) is 16.0. The molecule has 5 nitrogen and oxygen atoms in total. The van der Waals surface area contributed by atoms with Gasteiger partial charge in [0.05, 0.1) is 10.5 Å². The molecule has 0 fully saturated rings. The minimum Gasteiger partial charge on any atom is -0.322 e. The molecule has 0 saturated heterocycles. The molecule has 0 unspecified atom stereocenters. The van der Waals surface area contributed by atoms with Crippen LogP contribution in [-0.4, -0.2) is 32.7 Å². The molecule has 0 aliphatic carbocycles. The summed E-state index contributed by atoms with van der Waals surface area (Å²) >= 11 is 0. The van der Waals surface area contributed by atoms with Gasteiger partial charge >= 0.3 is 6.18 Å². The first kappa shape index (κ1) is 20.9. The standard InChI is InChI=1S/C18H19F3N2O3S/c1-11-8-13(9-16(12(11)2)27(25,26)23(3)4)17(24)22-15-7-5-6-14(10-15)18(19,20)21/h5-10H,1-4H3,(H,22,24). The maximum absolute atomic E-state index is 12.8. The smallest absolute Gasteiger partial charge is 0.322 e. The number of hydrogen-bond acceptors (Lipinski definition) is 3. The predicted molar refractivity (Wildman–Crippen MR) is 96.2 cm³/mol.